The maximum absolute atomic E-state index is 11.6. The van der Waals surface area contributed by atoms with Gasteiger partial charge >= 0.3 is 0 Å². The van der Waals surface area contributed by atoms with E-state index >= 15 is 0 Å². The number of fused-ring (bicyclic) bond motifs is 1. The summed E-state index contributed by atoms with van der Waals surface area (Å²) in [6.07, 6.45) is 6.37. The van der Waals surface area contributed by atoms with Gasteiger partial charge in [-0.25, -0.2) is 0 Å². The van der Waals surface area contributed by atoms with Crippen molar-refractivity contribution in [1.29, 1.82) is 0 Å². The Balaban J connectivity index is 1.87. The average Bonchev–Trinajstić information content (AvgIpc) is 3.16. The first-order valence-corrected chi connectivity index (χ1v) is 9.51. The molecule has 3 heteroatoms. The highest BCUT2D eigenvalue weighted by molar-refractivity contribution is 7.84. The number of hydrogen-bond acceptors (Lipinski definition) is 1. The fourth-order valence-corrected chi connectivity index (χ4v) is 3.97. The molecule has 0 radical (unpaired) electrons. The molecule has 0 N–H and O–H groups in total. The van der Waals surface area contributed by atoms with Crippen LogP contribution in [0.25, 0.3) is 22.3 Å². The van der Waals surface area contributed by atoms with Gasteiger partial charge in [0.25, 0.3) is 0 Å². The average molecular weight is 321 g/mol. The van der Waals surface area contributed by atoms with Gasteiger partial charge in [0, 0.05) is 51.5 Å². The summed E-state index contributed by atoms with van der Waals surface area (Å²) in [6, 6.07) is 18.8. The molecule has 116 valence electrons. The van der Waals surface area contributed by atoms with Crippen LogP contribution in [0.2, 0.25) is 0 Å². The zero-order valence-electron chi connectivity index (χ0n) is 13.2. The van der Waals surface area contributed by atoms with Crippen LogP contribution in [0.5, 0.6) is 0 Å². The summed E-state index contributed by atoms with van der Waals surface area (Å²) in [5, 5.41) is 0. The topological polar surface area (TPSA) is 22.0 Å². The van der Waals surface area contributed by atoms with Gasteiger partial charge in [-0.1, -0.05) is 42.5 Å². The molecule has 1 atom stereocenters. The first kappa shape index (κ1) is 14.5. The molecular weight excluding hydrogens is 302 g/mol. The van der Waals surface area contributed by atoms with Gasteiger partial charge in [-0.15, -0.1) is 0 Å². The number of aromatic nitrogens is 1. The predicted octanol–water partition coefficient (Wildman–Crippen LogP) is 4.51. The van der Waals surface area contributed by atoms with Crippen LogP contribution in [0.4, 0.5) is 0 Å². The molecule has 0 aliphatic carbocycles. The molecular formula is C20H19NOS. The molecule has 1 aliphatic heterocycles. The van der Waals surface area contributed by atoms with E-state index in [1.165, 1.54) is 34.4 Å². The van der Waals surface area contributed by atoms with Gasteiger partial charge in [0.2, 0.25) is 0 Å². The number of nitrogens with zero attached hydrogens (tertiary/aromatic N) is 1. The fourth-order valence-electron chi connectivity index (χ4n) is 3.45. The Bertz CT molecular complexity index is 863. The van der Waals surface area contributed by atoms with Crippen molar-refractivity contribution < 1.29 is 4.21 Å². The Morgan fingerprint density at radius 2 is 1.70 bits per heavy atom. The summed E-state index contributed by atoms with van der Waals surface area (Å²) in [4.78, 5) is 0.877. The van der Waals surface area contributed by atoms with E-state index < -0.39 is 10.8 Å². The molecule has 0 amide bonds. The second-order valence-corrected chi connectivity index (χ2v) is 7.39. The highest BCUT2D eigenvalue weighted by atomic mass is 32.2. The van der Waals surface area contributed by atoms with Crippen LogP contribution < -0.4 is 0 Å². The minimum absolute atomic E-state index is 0.877. The standard InChI is InChI=1S/C20H19NOS/c1-23(22)17-11-9-15(10-12-17)18-14-21-13-5-8-19(21)20(18)16-6-3-2-4-7-16/h2-4,6-7,9-12,14H,5,8,13H2,1H3. The van der Waals surface area contributed by atoms with Crippen LogP contribution in [-0.4, -0.2) is 15.0 Å². The summed E-state index contributed by atoms with van der Waals surface area (Å²) in [7, 11) is -0.930. The van der Waals surface area contributed by atoms with Gasteiger partial charge in [-0.05, 0) is 36.1 Å². The van der Waals surface area contributed by atoms with Crippen LogP contribution in [0.3, 0.4) is 0 Å². The number of hydrogen-bond donors (Lipinski definition) is 0. The lowest BCUT2D eigenvalue weighted by molar-refractivity contribution is 0.687. The van der Waals surface area contributed by atoms with Gasteiger partial charge < -0.3 is 4.57 Å². The molecule has 1 aromatic heterocycles. The summed E-state index contributed by atoms with van der Waals surface area (Å²) < 4.78 is 14.0. The van der Waals surface area contributed by atoms with Crippen molar-refractivity contribution in [3.63, 3.8) is 0 Å². The summed E-state index contributed by atoms with van der Waals surface area (Å²) in [5.41, 5.74) is 6.54. The zero-order chi connectivity index (χ0) is 15.8. The Hall–Kier alpha value is -2.13. The zero-order valence-corrected chi connectivity index (χ0v) is 14.0. The van der Waals surface area contributed by atoms with Crippen molar-refractivity contribution in [2.24, 2.45) is 0 Å². The molecule has 3 aromatic rings. The predicted molar refractivity (Wildman–Crippen MR) is 96.0 cm³/mol. The van der Waals surface area contributed by atoms with Crippen LogP contribution in [-0.2, 0) is 23.8 Å². The molecule has 4 rings (SSSR count). The molecule has 2 nitrogen and oxygen atoms in total. The van der Waals surface area contributed by atoms with E-state index in [-0.39, 0.29) is 0 Å². The highest BCUT2D eigenvalue weighted by Gasteiger charge is 2.21. The van der Waals surface area contributed by atoms with E-state index in [2.05, 4.69) is 53.2 Å². The van der Waals surface area contributed by atoms with Gasteiger partial charge in [-0.2, -0.15) is 0 Å². The van der Waals surface area contributed by atoms with Gasteiger partial charge in [-0.3, -0.25) is 4.21 Å². The minimum atomic E-state index is -0.930. The lowest BCUT2D eigenvalue weighted by Crippen LogP contribution is -1.89. The largest absolute Gasteiger partial charge is 0.350 e. The summed E-state index contributed by atoms with van der Waals surface area (Å²) in [6.45, 7) is 1.10. The molecule has 1 aliphatic rings. The Morgan fingerprint density at radius 1 is 0.957 bits per heavy atom. The highest BCUT2D eigenvalue weighted by Crippen LogP contribution is 2.39. The van der Waals surface area contributed by atoms with E-state index in [1.54, 1.807) is 6.26 Å². The van der Waals surface area contributed by atoms with Gasteiger partial charge in [0.05, 0.1) is 0 Å². The molecule has 23 heavy (non-hydrogen) atoms. The van der Waals surface area contributed by atoms with Crippen molar-refractivity contribution in [2.75, 3.05) is 6.26 Å². The lowest BCUT2D eigenvalue weighted by atomic mass is 9.96. The lowest BCUT2D eigenvalue weighted by Gasteiger charge is -2.08. The normalized spacial score (nSPS) is 14.7. The molecule has 2 heterocycles. The SMILES string of the molecule is CS(=O)c1ccc(-c2cn3c(c2-c2ccccc2)CCC3)cc1. The van der Waals surface area contributed by atoms with Crippen LogP contribution >= 0.6 is 0 Å². The van der Waals surface area contributed by atoms with E-state index in [0.29, 0.717) is 0 Å². The van der Waals surface area contributed by atoms with E-state index in [1.807, 2.05) is 12.1 Å². The molecule has 2 aromatic carbocycles. The molecule has 1 unspecified atom stereocenters. The Kier molecular flexibility index (Phi) is 3.66. The first-order valence-electron chi connectivity index (χ1n) is 7.95. The number of benzene rings is 2. The summed E-state index contributed by atoms with van der Waals surface area (Å²) in [5.74, 6) is 0. The third-order valence-corrected chi connectivity index (χ3v) is 5.50. The van der Waals surface area contributed by atoms with Crippen molar-refractivity contribution in [1.82, 2.24) is 4.57 Å². The second kappa shape index (κ2) is 5.82. The maximum Gasteiger partial charge on any atom is 0.0498 e. The van der Waals surface area contributed by atoms with Crippen LogP contribution in [0.15, 0.2) is 65.7 Å². The smallest absolute Gasteiger partial charge is 0.0498 e. The van der Waals surface area contributed by atoms with Crippen LogP contribution in [0, 0.1) is 0 Å². The molecule has 0 spiro atoms. The van der Waals surface area contributed by atoms with Crippen molar-refractivity contribution in [2.45, 2.75) is 24.3 Å². The molecule has 0 saturated heterocycles. The van der Waals surface area contributed by atoms with E-state index in [9.17, 15) is 4.21 Å². The third-order valence-electron chi connectivity index (χ3n) is 4.56. The van der Waals surface area contributed by atoms with Crippen LogP contribution in [0.1, 0.15) is 12.1 Å². The van der Waals surface area contributed by atoms with Gasteiger partial charge in [0.1, 0.15) is 0 Å². The number of aryl methyl sites for hydroxylation is 1. The van der Waals surface area contributed by atoms with Crippen molar-refractivity contribution >= 4 is 10.8 Å². The van der Waals surface area contributed by atoms with Gasteiger partial charge in [0.15, 0.2) is 0 Å². The maximum atomic E-state index is 11.6. The van der Waals surface area contributed by atoms with E-state index in [0.717, 1.165) is 17.9 Å². The quantitative estimate of drug-likeness (QED) is 0.696. The Labute approximate surface area is 139 Å². The van der Waals surface area contributed by atoms with Crippen molar-refractivity contribution in [3.8, 4) is 22.3 Å². The number of rotatable bonds is 3. The monoisotopic (exact) mass is 321 g/mol. The first-order chi connectivity index (χ1) is 11.2. The minimum Gasteiger partial charge on any atom is -0.350 e. The fraction of sp³-hybridized carbons (Fsp3) is 0.200. The van der Waals surface area contributed by atoms with E-state index in [4.69, 9.17) is 0 Å². The molecule has 0 bridgehead atoms. The third kappa shape index (κ3) is 2.55. The second-order valence-electron chi connectivity index (χ2n) is 6.01. The summed E-state index contributed by atoms with van der Waals surface area (Å²) >= 11 is 0. The Morgan fingerprint density at radius 3 is 2.39 bits per heavy atom. The molecule has 0 saturated carbocycles. The molecule has 0 fully saturated rings. The van der Waals surface area contributed by atoms with Crippen molar-refractivity contribution in [3.05, 3.63) is 66.5 Å².